The smallest absolute Gasteiger partial charge is 0.157 e. The lowest BCUT2D eigenvalue weighted by atomic mass is 10.4. The quantitative estimate of drug-likeness (QED) is 0.727. The van der Waals surface area contributed by atoms with Crippen LogP contribution in [0.5, 0.6) is 5.75 Å². The van der Waals surface area contributed by atoms with Crippen LogP contribution in [0.2, 0.25) is 0 Å². The van der Waals surface area contributed by atoms with Crippen LogP contribution in [0.25, 0.3) is 0 Å². The van der Waals surface area contributed by atoms with Gasteiger partial charge in [0.05, 0.1) is 25.2 Å². The highest BCUT2D eigenvalue weighted by molar-refractivity contribution is 5.11. The third-order valence-corrected chi connectivity index (χ3v) is 2.49. The summed E-state index contributed by atoms with van der Waals surface area (Å²) in [4.78, 5) is 0. The molecule has 0 saturated carbocycles. The second-order valence-corrected chi connectivity index (χ2v) is 4.04. The molecule has 0 aliphatic rings. The van der Waals surface area contributed by atoms with Crippen molar-refractivity contribution in [2.75, 3.05) is 13.2 Å². The van der Waals surface area contributed by atoms with E-state index in [0.29, 0.717) is 6.61 Å². The van der Waals surface area contributed by atoms with E-state index in [1.54, 1.807) is 12.5 Å². The zero-order valence-corrected chi connectivity index (χ0v) is 10.6. The van der Waals surface area contributed by atoms with Crippen LogP contribution in [0, 0.1) is 0 Å². The molecule has 5 heteroatoms. The summed E-state index contributed by atoms with van der Waals surface area (Å²) < 4.78 is 12.7. The van der Waals surface area contributed by atoms with Crippen molar-refractivity contribution in [2.24, 2.45) is 0 Å². The van der Waals surface area contributed by atoms with Gasteiger partial charge in [0.2, 0.25) is 0 Å². The first-order chi connectivity index (χ1) is 8.88. The van der Waals surface area contributed by atoms with Crippen LogP contribution in [-0.2, 0) is 13.1 Å². The predicted molar refractivity (Wildman–Crippen MR) is 68.4 cm³/mol. The molecule has 0 radical (unpaired) electrons. The van der Waals surface area contributed by atoms with Gasteiger partial charge in [-0.15, -0.1) is 0 Å². The number of nitrogens with zero attached hydrogens (tertiary/aromatic N) is 2. The van der Waals surface area contributed by atoms with Crippen LogP contribution in [0.3, 0.4) is 0 Å². The zero-order valence-electron chi connectivity index (χ0n) is 10.6. The van der Waals surface area contributed by atoms with Crippen LogP contribution in [0.1, 0.15) is 19.1 Å². The average Bonchev–Trinajstić information content (AvgIpc) is 3.01. The van der Waals surface area contributed by atoms with Gasteiger partial charge in [-0.25, -0.2) is 0 Å². The van der Waals surface area contributed by atoms with Gasteiger partial charge < -0.3 is 14.5 Å². The molecule has 0 spiro atoms. The Morgan fingerprint density at radius 1 is 1.50 bits per heavy atom. The second-order valence-electron chi connectivity index (χ2n) is 4.04. The van der Waals surface area contributed by atoms with E-state index in [9.17, 15) is 0 Å². The number of hydrogen-bond acceptors (Lipinski definition) is 4. The third kappa shape index (κ3) is 3.92. The van der Waals surface area contributed by atoms with E-state index >= 15 is 0 Å². The molecule has 2 aromatic heterocycles. The molecule has 1 N–H and O–H groups in total. The molecule has 0 unspecified atom stereocenters. The average molecular weight is 249 g/mol. The van der Waals surface area contributed by atoms with Crippen molar-refractivity contribution in [2.45, 2.75) is 26.4 Å². The van der Waals surface area contributed by atoms with Crippen LogP contribution < -0.4 is 10.1 Å². The summed E-state index contributed by atoms with van der Waals surface area (Å²) in [5, 5.41) is 7.45. The molecule has 0 aliphatic heterocycles. The lowest BCUT2D eigenvalue weighted by Gasteiger charge is -2.04. The molecule has 2 heterocycles. The molecule has 0 amide bonds. The van der Waals surface area contributed by atoms with Crippen molar-refractivity contribution in [3.63, 3.8) is 0 Å². The molecule has 2 aromatic rings. The van der Waals surface area contributed by atoms with Crippen LogP contribution in [-0.4, -0.2) is 22.9 Å². The van der Waals surface area contributed by atoms with Crippen molar-refractivity contribution >= 4 is 0 Å². The minimum atomic E-state index is 0.624. The van der Waals surface area contributed by atoms with E-state index in [0.717, 1.165) is 37.6 Å². The van der Waals surface area contributed by atoms with Crippen LogP contribution in [0.15, 0.2) is 35.2 Å². The number of furan rings is 1. The Kier molecular flexibility index (Phi) is 4.84. The Labute approximate surface area is 107 Å². The Hall–Kier alpha value is -1.75. The van der Waals surface area contributed by atoms with Crippen molar-refractivity contribution in [1.82, 2.24) is 15.1 Å². The van der Waals surface area contributed by atoms with E-state index in [2.05, 4.69) is 17.3 Å². The standard InChI is InChI=1S/C13H19N3O2/c1-2-6-16-11-13(10-15-16)18-8-5-14-9-12-4-3-7-17-12/h3-4,7,10-11,14H,2,5-6,8-9H2,1H3. The molecule has 98 valence electrons. The monoisotopic (exact) mass is 249 g/mol. The normalized spacial score (nSPS) is 10.7. The van der Waals surface area contributed by atoms with Gasteiger partial charge in [0, 0.05) is 13.1 Å². The maximum Gasteiger partial charge on any atom is 0.157 e. The first kappa shape index (κ1) is 12.7. The molecular formula is C13H19N3O2. The molecule has 5 nitrogen and oxygen atoms in total. The van der Waals surface area contributed by atoms with Crippen molar-refractivity contribution in [3.8, 4) is 5.75 Å². The van der Waals surface area contributed by atoms with E-state index < -0.39 is 0 Å². The number of hydrogen-bond donors (Lipinski definition) is 1. The van der Waals surface area contributed by atoms with Gasteiger partial charge in [0.15, 0.2) is 5.75 Å². The number of aromatic nitrogens is 2. The topological polar surface area (TPSA) is 52.2 Å². The van der Waals surface area contributed by atoms with Gasteiger partial charge in [-0.05, 0) is 18.6 Å². The molecule has 18 heavy (non-hydrogen) atoms. The maximum atomic E-state index is 5.58. The molecular weight excluding hydrogens is 230 g/mol. The van der Waals surface area contributed by atoms with Gasteiger partial charge >= 0.3 is 0 Å². The molecule has 0 saturated heterocycles. The predicted octanol–water partition coefficient (Wildman–Crippen LogP) is 2.05. The molecule has 0 atom stereocenters. The summed E-state index contributed by atoms with van der Waals surface area (Å²) in [5.74, 6) is 1.76. The fourth-order valence-electron chi connectivity index (χ4n) is 1.64. The summed E-state index contributed by atoms with van der Waals surface area (Å²) >= 11 is 0. The highest BCUT2D eigenvalue weighted by atomic mass is 16.5. The Morgan fingerprint density at radius 2 is 2.44 bits per heavy atom. The van der Waals surface area contributed by atoms with Crippen LogP contribution >= 0.6 is 0 Å². The zero-order chi connectivity index (χ0) is 12.6. The van der Waals surface area contributed by atoms with Gasteiger partial charge in [0.1, 0.15) is 12.4 Å². The Bertz CT molecular complexity index is 437. The number of aryl methyl sites for hydroxylation is 1. The molecule has 0 bridgehead atoms. The molecule has 0 aromatic carbocycles. The van der Waals surface area contributed by atoms with E-state index in [1.165, 1.54) is 0 Å². The van der Waals surface area contributed by atoms with Crippen LogP contribution in [0.4, 0.5) is 0 Å². The summed E-state index contributed by atoms with van der Waals surface area (Å²) in [5.41, 5.74) is 0. The Morgan fingerprint density at radius 3 is 3.22 bits per heavy atom. The fraction of sp³-hybridized carbons (Fsp3) is 0.462. The lowest BCUT2D eigenvalue weighted by Crippen LogP contribution is -2.20. The highest BCUT2D eigenvalue weighted by Crippen LogP contribution is 2.08. The van der Waals surface area contributed by atoms with Crippen molar-refractivity contribution in [1.29, 1.82) is 0 Å². The van der Waals surface area contributed by atoms with E-state index in [-0.39, 0.29) is 0 Å². The number of nitrogens with one attached hydrogen (secondary N) is 1. The van der Waals surface area contributed by atoms with E-state index in [4.69, 9.17) is 9.15 Å². The summed E-state index contributed by atoms with van der Waals surface area (Å²) in [6.07, 6.45) is 6.43. The van der Waals surface area contributed by atoms with Crippen molar-refractivity contribution < 1.29 is 9.15 Å². The Balaban J connectivity index is 1.59. The summed E-state index contributed by atoms with van der Waals surface area (Å²) in [7, 11) is 0. The van der Waals surface area contributed by atoms with Crippen molar-refractivity contribution in [3.05, 3.63) is 36.5 Å². The second kappa shape index (κ2) is 6.86. The van der Waals surface area contributed by atoms with Gasteiger partial charge in [0.25, 0.3) is 0 Å². The van der Waals surface area contributed by atoms with Gasteiger partial charge in [-0.3, -0.25) is 4.68 Å². The molecule has 2 rings (SSSR count). The summed E-state index contributed by atoms with van der Waals surface area (Å²) in [6, 6.07) is 3.83. The minimum absolute atomic E-state index is 0.624. The maximum absolute atomic E-state index is 5.58. The van der Waals surface area contributed by atoms with Gasteiger partial charge in [-0.2, -0.15) is 5.10 Å². The molecule has 0 fully saturated rings. The number of ether oxygens (including phenoxy) is 1. The summed E-state index contributed by atoms with van der Waals surface area (Å²) in [6.45, 7) is 5.19. The first-order valence-corrected chi connectivity index (χ1v) is 6.27. The largest absolute Gasteiger partial charge is 0.489 e. The molecule has 0 aliphatic carbocycles. The third-order valence-electron chi connectivity index (χ3n) is 2.49. The lowest BCUT2D eigenvalue weighted by molar-refractivity contribution is 0.310. The highest BCUT2D eigenvalue weighted by Gasteiger charge is 1.99. The minimum Gasteiger partial charge on any atom is -0.489 e. The van der Waals surface area contributed by atoms with Gasteiger partial charge in [-0.1, -0.05) is 6.92 Å². The first-order valence-electron chi connectivity index (χ1n) is 6.27. The fourth-order valence-corrected chi connectivity index (χ4v) is 1.64. The SMILES string of the molecule is CCCn1cc(OCCNCc2ccco2)cn1. The van der Waals surface area contributed by atoms with E-state index in [1.807, 2.05) is 23.0 Å². The number of rotatable bonds is 8.